The van der Waals surface area contributed by atoms with Crippen LogP contribution in [0.15, 0.2) is 534 Å². The number of para-hydroxylation sites is 6. The molecular formula is C130H88N4. The fourth-order valence-corrected chi connectivity index (χ4v) is 22.1. The summed E-state index contributed by atoms with van der Waals surface area (Å²) in [6, 6.07) is 196. The summed E-state index contributed by atoms with van der Waals surface area (Å²) in [5.41, 5.74) is 42.3. The molecule has 628 valence electrons. The van der Waals surface area contributed by atoms with Crippen LogP contribution in [0.3, 0.4) is 0 Å². The van der Waals surface area contributed by atoms with Crippen molar-refractivity contribution < 1.29 is 0 Å². The first-order chi connectivity index (χ1) is 66.5. The Morgan fingerprint density at radius 1 is 0.142 bits per heavy atom. The van der Waals surface area contributed by atoms with E-state index >= 15 is 0 Å². The summed E-state index contributed by atoms with van der Waals surface area (Å²) >= 11 is 0. The standard InChI is InChI=1S/2C65H44N2/c1-3-16-45(17-4-1)47-34-38-52(39-35-47)66(53-40-36-48(37-41-53)46-30-32-50(33-31-46)56-24-15-19-49-18-7-8-22-55(49)56)54-42-43-58-57-23-9-10-25-59(57)65(62(58)44-54)60-26-11-13-28-63(60)67(51-20-5-2-6-21-51)64-29-14-12-27-61(64)65;1-3-15-45(16-4-1)48-33-37-54(38-34-48)66(55-39-35-49(36-40-55)47-27-29-50(30-28-47)52-32-31-46-17-7-8-18-51(46)43-52)56-41-42-58-57-21-9-10-22-59(57)65(62(58)44-56)60-23-11-13-25-63(60)67(53-19-5-2-6-20-53)64-26-14-12-24-61(64)65/h2*1-44H. The molecule has 4 nitrogen and oxygen atoms in total. The number of anilines is 12. The predicted molar refractivity (Wildman–Crippen MR) is 561 cm³/mol. The second kappa shape index (κ2) is 32.9. The zero-order valence-electron chi connectivity index (χ0n) is 73.6. The Morgan fingerprint density at radius 2 is 0.403 bits per heavy atom. The molecule has 134 heavy (non-hydrogen) atoms. The topological polar surface area (TPSA) is 13.0 Å². The first kappa shape index (κ1) is 78.8. The molecule has 0 radical (unpaired) electrons. The van der Waals surface area contributed by atoms with Gasteiger partial charge in [0.25, 0.3) is 0 Å². The van der Waals surface area contributed by atoms with Crippen molar-refractivity contribution in [2.24, 2.45) is 0 Å². The van der Waals surface area contributed by atoms with Crippen molar-refractivity contribution in [3.05, 3.63) is 578 Å². The Morgan fingerprint density at radius 3 is 0.799 bits per heavy atom. The first-order valence-corrected chi connectivity index (χ1v) is 46.3. The van der Waals surface area contributed by atoms with E-state index in [2.05, 4.69) is 553 Å². The quantitative estimate of drug-likeness (QED) is 0.108. The van der Waals surface area contributed by atoms with Crippen LogP contribution in [-0.4, -0.2) is 0 Å². The van der Waals surface area contributed by atoms with E-state index < -0.39 is 10.8 Å². The van der Waals surface area contributed by atoms with Crippen LogP contribution in [0, 0.1) is 0 Å². The van der Waals surface area contributed by atoms with E-state index in [1.54, 1.807) is 0 Å². The molecule has 0 saturated carbocycles. The van der Waals surface area contributed by atoms with Gasteiger partial charge in [-0.05, 0) is 282 Å². The van der Waals surface area contributed by atoms with Crippen LogP contribution >= 0.6 is 0 Å². The molecule has 2 aliphatic heterocycles. The Bertz CT molecular complexity index is 8090. The Labute approximate surface area is 782 Å². The van der Waals surface area contributed by atoms with Crippen LogP contribution in [0.4, 0.5) is 68.2 Å². The van der Waals surface area contributed by atoms with E-state index in [0.29, 0.717) is 0 Å². The van der Waals surface area contributed by atoms with Crippen LogP contribution in [0.5, 0.6) is 0 Å². The van der Waals surface area contributed by atoms with Gasteiger partial charge in [-0.25, -0.2) is 0 Å². The lowest BCUT2D eigenvalue weighted by molar-refractivity contribution is 0.752. The molecule has 0 aromatic heterocycles. The Kier molecular flexibility index (Phi) is 19.4. The molecule has 4 heteroatoms. The molecule has 0 N–H and O–H groups in total. The summed E-state index contributed by atoms with van der Waals surface area (Å²) in [5.74, 6) is 0. The molecule has 0 fully saturated rings. The monoisotopic (exact) mass is 1700 g/mol. The average molecular weight is 1710 g/mol. The average Bonchev–Trinajstić information content (AvgIpc) is 1.49. The second-order valence-electron chi connectivity index (χ2n) is 35.3. The summed E-state index contributed by atoms with van der Waals surface area (Å²) in [4.78, 5) is 9.74. The number of hydrogen-bond donors (Lipinski definition) is 0. The third kappa shape index (κ3) is 13.1. The zero-order chi connectivity index (χ0) is 88.6. The lowest BCUT2D eigenvalue weighted by Crippen LogP contribution is -2.36. The summed E-state index contributed by atoms with van der Waals surface area (Å²) in [5, 5.41) is 5.04. The second-order valence-corrected chi connectivity index (χ2v) is 35.3. The molecule has 2 heterocycles. The van der Waals surface area contributed by atoms with Crippen molar-refractivity contribution in [3.8, 4) is 89.0 Å². The van der Waals surface area contributed by atoms with Crippen LogP contribution < -0.4 is 19.6 Å². The lowest BCUT2D eigenvalue weighted by atomic mass is 9.64. The number of fused-ring (bicyclic) bond motifs is 20. The van der Waals surface area contributed by atoms with E-state index in [9.17, 15) is 0 Å². The Hall–Kier alpha value is -17.4. The molecule has 0 saturated heterocycles. The molecule has 2 aliphatic carbocycles. The van der Waals surface area contributed by atoms with Gasteiger partial charge in [-0.15, -0.1) is 0 Å². The number of nitrogens with zero attached hydrogens (tertiary/aromatic N) is 4. The first-order valence-electron chi connectivity index (χ1n) is 46.3. The summed E-state index contributed by atoms with van der Waals surface area (Å²) < 4.78 is 0. The maximum absolute atomic E-state index is 2.48. The smallest absolute Gasteiger partial charge is 0.0755 e. The van der Waals surface area contributed by atoms with E-state index in [4.69, 9.17) is 0 Å². The minimum Gasteiger partial charge on any atom is -0.310 e. The molecule has 22 aromatic carbocycles. The third-order valence-electron chi connectivity index (χ3n) is 28.1. The highest BCUT2D eigenvalue weighted by molar-refractivity contribution is 6.02. The van der Waals surface area contributed by atoms with Crippen LogP contribution in [0.1, 0.15) is 44.5 Å². The maximum atomic E-state index is 2.48. The molecule has 22 aromatic rings. The molecule has 0 amide bonds. The van der Waals surface area contributed by atoms with Crippen molar-refractivity contribution in [2.45, 2.75) is 10.8 Å². The summed E-state index contributed by atoms with van der Waals surface area (Å²) in [7, 11) is 0. The SMILES string of the molecule is c1ccc(-c2ccc(N(c3ccc(-c4ccc(-c5ccc6ccccc6c5)cc4)cc3)c3ccc4c(c3)C3(c5ccccc5-4)c4ccccc4N(c4ccccc4)c4ccccc43)cc2)cc1.c1ccc(-c2ccc(N(c3ccc(-c4ccc(-c5cccc6ccccc56)cc4)cc3)c3ccc4c(c3)C3(c5ccccc5-4)c4ccccc4N(c4ccccc4)c4ccccc43)cc2)cc1. The van der Waals surface area contributed by atoms with Crippen LogP contribution in [0.2, 0.25) is 0 Å². The number of hydrogen-bond acceptors (Lipinski definition) is 4. The van der Waals surface area contributed by atoms with Crippen LogP contribution in [0.25, 0.3) is 111 Å². The molecule has 0 bridgehead atoms. The maximum Gasteiger partial charge on any atom is 0.0755 e. The number of rotatable bonds is 14. The number of benzene rings is 22. The van der Waals surface area contributed by atoms with Crippen molar-refractivity contribution in [2.75, 3.05) is 19.6 Å². The van der Waals surface area contributed by atoms with Gasteiger partial charge in [0, 0.05) is 45.5 Å². The summed E-state index contributed by atoms with van der Waals surface area (Å²) in [6.45, 7) is 0. The molecule has 4 aliphatic rings. The van der Waals surface area contributed by atoms with Crippen molar-refractivity contribution >= 4 is 89.8 Å². The van der Waals surface area contributed by atoms with Crippen molar-refractivity contribution in [1.82, 2.24) is 0 Å². The lowest BCUT2D eigenvalue weighted by Gasteiger charge is -2.45. The van der Waals surface area contributed by atoms with E-state index in [0.717, 1.165) is 45.5 Å². The van der Waals surface area contributed by atoms with Gasteiger partial charge >= 0.3 is 0 Å². The van der Waals surface area contributed by atoms with E-state index in [1.165, 1.54) is 178 Å². The fraction of sp³-hybridized carbons (Fsp3) is 0.0154. The molecule has 0 unspecified atom stereocenters. The minimum atomic E-state index is -0.564. The molecular weight excluding hydrogens is 1620 g/mol. The normalized spacial score (nSPS) is 12.9. The van der Waals surface area contributed by atoms with Gasteiger partial charge in [0.05, 0.1) is 33.6 Å². The highest BCUT2D eigenvalue weighted by Gasteiger charge is 2.54. The van der Waals surface area contributed by atoms with E-state index in [1.807, 2.05) is 0 Å². The highest BCUT2D eigenvalue weighted by Crippen LogP contribution is 2.67. The minimum absolute atomic E-state index is 0.563. The van der Waals surface area contributed by atoms with Gasteiger partial charge in [0.1, 0.15) is 0 Å². The zero-order valence-corrected chi connectivity index (χ0v) is 73.6. The van der Waals surface area contributed by atoms with Crippen molar-refractivity contribution in [3.63, 3.8) is 0 Å². The Balaban J connectivity index is 0.000000143. The van der Waals surface area contributed by atoms with E-state index in [-0.39, 0.29) is 0 Å². The summed E-state index contributed by atoms with van der Waals surface area (Å²) in [6.07, 6.45) is 0. The fourth-order valence-electron chi connectivity index (χ4n) is 22.1. The van der Waals surface area contributed by atoms with Crippen LogP contribution in [-0.2, 0) is 10.8 Å². The molecule has 26 rings (SSSR count). The van der Waals surface area contributed by atoms with Gasteiger partial charge < -0.3 is 19.6 Å². The molecule has 0 atom stereocenters. The van der Waals surface area contributed by atoms with Crippen molar-refractivity contribution in [1.29, 1.82) is 0 Å². The largest absolute Gasteiger partial charge is 0.310 e. The van der Waals surface area contributed by atoms with Gasteiger partial charge in [-0.1, -0.05) is 406 Å². The van der Waals surface area contributed by atoms with Gasteiger partial charge in [-0.2, -0.15) is 0 Å². The predicted octanol–water partition coefficient (Wildman–Crippen LogP) is 34.9. The highest BCUT2D eigenvalue weighted by atomic mass is 15.2. The van der Waals surface area contributed by atoms with Gasteiger partial charge in [0.2, 0.25) is 0 Å². The van der Waals surface area contributed by atoms with Gasteiger partial charge in [-0.3, -0.25) is 0 Å². The molecule has 2 spiro atoms. The van der Waals surface area contributed by atoms with Gasteiger partial charge in [0.15, 0.2) is 0 Å². The third-order valence-corrected chi connectivity index (χ3v) is 28.1.